The number of esters is 1. The Bertz CT molecular complexity index is 1440. The van der Waals surface area contributed by atoms with Gasteiger partial charge in [-0.3, -0.25) is 4.68 Å². The molecule has 0 saturated carbocycles. The van der Waals surface area contributed by atoms with E-state index in [1.54, 1.807) is 62.7 Å². The number of nitrogens with one attached hydrogen (secondary N) is 1. The number of hydrogen-bond donors (Lipinski definition) is 1. The molecule has 0 saturated heterocycles. The second-order valence-corrected chi connectivity index (χ2v) is 12.1. The van der Waals surface area contributed by atoms with Crippen LogP contribution < -0.4 is 10.1 Å². The fraction of sp³-hybridized carbons (Fsp3) is 0.424. The fourth-order valence-corrected chi connectivity index (χ4v) is 4.58. The van der Waals surface area contributed by atoms with Crippen LogP contribution in [0.25, 0.3) is 16.8 Å². The van der Waals surface area contributed by atoms with Crippen LogP contribution in [0.3, 0.4) is 0 Å². The second-order valence-electron chi connectivity index (χ2n) is 12.1. The van der Waals surface area contributed by atoms with Crippen LogP contribution >= 0.6 is 0 Å². The first-order valence-electron chi connectivity index (χ1n) is 14.2. The molecule has 0 radical (unpaired) electrons. The van der Waals surface area contributed by atoms with Crippen molar-refractivity contribution in [2.45, 2.75) is 59.1 Å². The van der Waals surface area contributed by atoms with Crippen molar-refractivity contribution in [1.82, 2.24) is 20.0 Å². The summed E-state index contributed by atoms with van der Waals surface area (Å²) in [6, 6.07) is 13.7. The number of methoxy groups -OCH3 is 1. The molecule has 1 aromatic heterocycles. The van der Waals surface area contributed by atoms with Crippen molar-refractivity contribution in [2.24, 2.45) is 0 Å². The molecule has 3 rings (SSSR count). The highest BCUT2D eigenvalue weighted by atomic mass is 19.1. The zero-order chi connectivity index (χ0) is 31.9. The van der Waals surface area contributed by atoms with Gasteiger partial charge in [-0.2, -0.15) is 5.10 Å². The largest absolute Gasteiger partial charge is 0.497 e. The summed E-state index contributed by atoms with van der Waals surface area (Å²) in [6.45, 7) is 11.7. The number of carbonyl (C=O) groups is 2. The van der Waals surface area contributed by atoms with Gasteiger partial charge in [-0.05, 0) is 69.7 Å². The molecular formula is C33H43FN4O5. The summed E-state index contributed by atoms with van der Waals surface area (Å²) in [7, 11) is 5.22. The van der Waals surface area contributed by atoms with Gasteiger partial charge in [0.15, 0.2) is 0 Å². The molecule has 2 aromatic carbocycles. The normalized spacial score (nSPS) is 12.1. The number of aromatic nitrogens is 2. The monoisotopic (exact) mass is 594 g/mol. The van der Waals surface area contributed by atoms with E-state index in [2.05, 4.69) is 5.32 Å². The lowest BCUT2D eigenvalue weighted by molar-refractivity contribution is -0.136. The maximum absolute atomic E-state index is 14.1. The van der Waals surface area contributed by atoms with E-state index in [1.807, 2.05) is 52.2 Å². The van der Waals surface area contributed by atoms with Crippen LogP contribution in [0, 0.1) is 5.82 Å². The second kappa shape index (κ2) is 13.8. The molecule has 1 amide bonds. The molecule has 0 fully saturated rings. The zero-order valence-corrected chi connectivity index (χ0v) is 26.6. The van der Waals surface area contributed by atoms with Crippen molar-refractivity contribution >= 4 is 17.6 Å². The lowest BCUT2D eigenvalue weighted by Gasteiger charge is -2.29. The number of alkyl carbamates (subject to hydrolysis) is 1. The molecule has 0 spiro atoms. The van der Waals surface area contributed by atoms with Crippen LogP contribution in [0.15, 0.2) is 54.7 Å². The Balaban J connectivity index is 2.30. The molecule has 0 unspecified atom stereocenters. The average molecular weight is 595 g/mol. The van der Waals surface area contributed by atoms with Crippen molar-refractivity contribution in [1.29, 1.82) is 0 Å². The van der Waals surface area contributed by atoms with E-state index in [1.165, 1.54) is 12.1 Å². The number of hydrogen-bond acceptors (Lipinski definition) is 7. The van der Waals surface area contributed by atoms with Crippen LogP contribution in [-0.2, 0) is 26.2 Å². The molecular weight excluding hydrogens is 551 g/mol. The number of amides is 1. The van der Waals surface area contributed by atoms with Gasteiger partial charge in [-0.15, -0.1) is 0 Å². The Hall–Kier alpha value is -4.34. The van der Waals surface area contributed by atoms with Crippen LogP contribution in [0.1, 0.15) is 58.4 Å². The first kappa shape index (κ1) is 33.2. The molecule has 0 aliphatic heterocycles. The van der Waals surface area contributed by atoms with E-state index in [4.69, 9.17) is 19.3 Å². The molecule has 0 aliphatic rings. The van der Waals surface area contributed by atoms with Gasteiger partial charge < -0.3 is 24.4 Å². The van der Waals surface area contributed by atoms with Crippen LogP contribution in [0.5, 0.6) is 5.75 Å². The Morgan fingerprint density at radius 1 is 1.02 bits per heavy atom. The summed E-state index contributed by atoms with van der Waals surface area (Å²) in [5.41, 5.74) is 2.19. The predicted molar refractivity (Wildman–Crippen MR) is 165 cm³/mol. The van der Waals surface area contributed by atoms with E-state index < -0.39 is 23.1 Å². The summed E-state index contributed by atoms with van der Waals surface area (Å²) in [6.07, 6.45) is 1.11. The molecule has 9 nitrogen and oxygen atoms in total. The number of benzene rings is 2. The Kier molecular flexibility index (Phi) is 10.6. The smallest absolute Gasteiger partial charge is 0.407 e. The van der Waals surface area contributed by atoms with Crippen LogP contribution in [-0.4, -0.2) is 66.7 Å². The number of nitrogens with zero attached hydrogens (tertiary/aromatic N) is 3. The molecule has 0 atom stereocenters. The number of carbonyl (C=O) groups excluding carboxylic acids is 2. The van der Waals surface area contributed by atoms with Gasteiger partial charge >= 0.3 is 12.1 Å². The maximum Gasteiger partial charge on any atom is 0.407 e. The zero-order valence-electron chi connectivity index (χ0n) is 26.6. The summed E-state index contributed by atoms with van der Waals surface area (Å²) < 4.78 is 32.2. The molecule has 1 N–H and O–H groups in total. The van der Waals surface area contributed by atoms with Gasteiger partial charge in [-0.1, -0.05) is 26.0 Å². The summed E-state index contributed by atoms with van der Waals surface area (Å²) in [5, 5.41) is 7.89. The SMILES string of the molecule is CCOC(=O)C(=CN(C)C)c1nn(Cc2ccc(OC)cc2)c(-c2ccc(F)cc2)c1C(C)(C)CNC(=O)OC(C)(C)C. The van der Waals surface area contributed by atoms with E-state index in [0.717, 1.165) is 11.3 Å². The number of ether oxygens (including phenoxy) is 3. The highest BCUT2D eigenvalue weighted by Gasteiger charge is 2.36. The molecule has 0 bridgehead atoms. The van der Waals surface area contributed by atoms with Gasteiger partial charge in [-0.25, -0.2) is 14.0 Å². The number of halogens is 1. The quantitative estimate of drug-likeness (QED) is 0.215. The average Bonchev–Trinajstić information content (AvgIpc) is 3.30. The summed E-state index contributed by atoms with van der Waals surface area (Å²) in [5.74, 6) is -0.192. The Labute approximate surface area is 253 Å². The van der Waals surface area contributed by atoms with Gasteiger partial charge in [0.25, 0.3) is 0 Å². The molecule has 43 heavy (non-hydrogen) atoms. The molecule has 10 heteroatoms. The number of rotatable bonds is 11. The minimum atomic E-state index is -0.786. The minimum Gasteiger partial charge on any atom is -0.497 e. The summed E-state index contributed by atoms with van der Waals surface area (Å²) >= 11 is 0. The Morgan fingerprint density at radius 3 is 2.19 bits per heavy atom. The van der Waals surface area contributed by atoms with E-state index in [-0.39, 0.29) is 24.5 Å². The topological polar surface area (TPSA) is 94.9 Å². The Morgan fingerprint density at radius 2 is 1.65 bits per heavy atom. The molecule has 0 aliphatic carbocycles. The highest BCUT2D eigenvalue weighted by Crippen LogP contribution is 2.39. The minimum absolute atomic E-state index is 0.162. The predicted octanol–water partition coefficient (Wildman–Crippen LogP) is 6.01. The van der Waals surface area contributed by atoms with Gasteiger partial charge in [0.2, 0.25) is 0 Å². The molecule has 1 heterocycles. The van der Waals surface area contributed by atoms with E-state index >= 15 is 0 Å². The van der Waals surface area contributed by atoms with Crippen LogP contribution in [0.2, 0.25) is 0 Å². The third kappa shape index (κ3) is 8.83. The van der Waals surface area contributed by atoms with Gasteiger partial charge in [0.1, 0.15) is 28.4 Å². The molecule has 3 aromatic rings. The van der Waals surface area contributed by atoms with Crippen molar-refractivity contribution in [3.05, 3.63) is 77.4 Å². The first-order chi connectivity index (χ1) is 20.1. The van der Waals surface area contributed by atoms with Crippen molar-refractivity contribution in [2.75, 3.05) is 34.4 Å². The van der Waals surface area contributed by atoms with Gasteiger partial charge in [0.05, 0.1) is 26.0 Å². The first-order valence-corrected chi connectivity index (χ1v) is 14.2. The lowest BCUT2D eigenvalue weighted by atomic mass is 9.80. The van der Waals surface area contributed by atoms with Crippen molar-refractivity contribution in [3.63, 3.8) is 0 Å². The molecule has 232 valence electrons. The maximum atomic E-state index is 14.1. The van der Waals surface area contributed by atoms with E-state index in [0.29, 0.717) is 29.1 Å². The fourth-order valence-electron chi connectivity index (χ4n) is 4.58. The standard InChI is InChI=1S/C33H43FN4O5/c1-10-42-30(39)26(20-37(7)8)28-27(33(5,6)21-35-31(40)43-32(2,3)4)29(23-13-15-24(34)16-14-23)38(36-28)19-22-11-17-25(41-9)18-12-22/h11-18,20H,10,19,21H2,1-9H3,(H,35,40). The van der Waals surface area contributed by atoms with E-state index in [9.17, 15) is 14.0 Å². The third-order valence-electron chi connectivity index (χ3n) is 6.45. The van der Waals surface area contributed by atoms with Crippen molar-refractivity contribution in [3.8, 4) is 17.0 Å². The van der Waals surface area contributed by atoms with Crippen molar-refractivity contribution < 1.29 is 28.2 Å². The van der Waals surface area contributed by atoms with Gasteiger partial charge in [0, 0.05) is 43.4 Å². The third-order valence-corrected chi connectivity index (χ3v) is 6.45. The van der Waals surface area contributed by atoms with Crippen LogP contribution in [0.4, 0.5) is 9.18 Å². The summed E-state index contributed by atoms with van der Waals surface area (Å²) in [4.78, 5) is 27.8. The highest BCUT2D eigenvalue weighted by molar-refractivity contribution is 6.16. The lowest BCUT2D eigenvalue weighted by Crippen LogP contribution is -2.40.